The fourth-order valence-electron chi connectivity index (χ4n) is 5.94. The Morgan fingerprint density at radius 3 is 2.26 bits per heavy atom. The van der Waals surface area contributed by atoms with Crippen LogP contribution in [0.2, 0.25) is 0 Å². The van der Waals surface area contributed by atoms with Crippen molar-refractivity contribution in [3.63, 3.8) is 0 Å². The number of nitrogens with zero attached hydrogens (tertiary/aromatic N) is 1. The average molecular weight is 588 g/mol. The SMILES string of the molecule is CC(C)c1nc2c(c(C3=CCCC3)c1C(O)c1ccc(OCc3ccccc3)cc1)C(O)CC(C)(C)C2.CSC(C)C. The van der Waals surface area contributed by atoms with Gasteiger partial charge >= 0.3 is 0 Å². The van der Waals surface area contributed by atoms with Gasteiger partial charge in [-0.1, -0.05) is 90.1 Å². The summed E-state index contributed by atoms with van der Waals surface area (Å²) >= 11 is 1.88. The monoisotopic (exact) mass is 587 g/mol. The number of aromatic nitrogens is 1. The van der Waals surface area contributed by atoms with Crippen LogP contribution in [0.3, 0.4) is 0 Å². The van der Waals surface area contributed by atoms with Crippen LogP contribution < -0.4 is 4.74 Å². The van der Waals surface area contributed by atoms with Crippen molar-refractivity contribution in [1.82, 2.24) is 4.98 Å². The number of hydrogen-bond acceptors (Lipinski definition) is 5. The summed E-state index contributed by atoms with van der Waals surface area (Å²) in [5.41, 5.74) is 7.93. The van der Waals surface area contributed by atoms with E-state index in [1.807, 2.05) is 66.4 Å². The molecule has 2 aliphatic rings. The van der Waals surface area contributed by atoms with Crippen molar-refractivity contribution in [3.8, 4) is 5.75 Å². The van der Waals surface area contributed by atoms with Crippen LogP contribution in [0.4, 0.5) is 0 Å². The van der Waals surface area contributed by atoms with E-state index in [-0.39, 0.29) is 11.3 Å². The molecule has 226 valence electrons. The zero-order valence-electron chi connectivity index (χ0n) is 26.5. The first-order valence-corrected chi connectivity index (χ1v) is 16.7. The molecular formula is C37H49NO3S. The van der Waals surface area contributed by atoms with Crippen molar-refractivity contribution in [2.75, 3.05) is 6.26 Å². The highest BCUT2D eigenvalue weighted by molar-refractivity contribution is 7.99. The first kappa shape index (κ1) is 32.3. The number of fused-ring (bicyclic) bond motifs is 1. The van der Waals surface area contributed by atoms with Crippen LogP contribution in [0.15, 0.2) is 60.7 Å². The molecule has 5 rings (SSSR count). The van der Waals surface area contributed by atoms with Crippen LogP contribution in [0.25, 0.3) is 5.57 Å². The van der Waals surface area contributed by atoms with E-state index in [9.17, 15) is 10.2 Å². The molecule has 2 atom stereocenters. The fraction of sp³-hybridized carbons (Fsp3) is 0.486. The van der Waals surface area contributed by atoms with Gasteiger partial charge in [0.25, 0.3) is 0 Å². The van der Waals surface area contributed by atoms with E-state index in [1.54, 1.807) is 0 Å². The summed E-state index contributed by atoms with van der Waals surface area (Å²) in [6.45, 7) is 13.6. The molecule has 2 N–H and O–H groups in total. The summed E-state index contributed by atoms with van der Waals surface area (Å²) in [5.74, 6) is 0.912. The van der Waals surface area contributed by atoms with Gasteiger partial charge < -0.3 is 14.9 Å². The molecule has 5 heteroatoms. The second-order valence-electron chi connectivity index (χ2n) is 13.0. The molecule has 0 saturated carbocycles. The molecule has 0 radical (unpaired) electrons. The molecule has 0 aliphatic heterocycles. The van der Waals surface area contributed by atoms with Crippen LogP contribution in [-0.2, 0) is 13.0 Å². The number of aliphatic hydroxyl groups is 2. The minimum absolute atomic E-state index is 0.00922. The number of pyridine rings is 1. The third-order valence-electron chi connectivity index (χ3n) is 8.20. The molecule has 0 amide bonds. The van der Waals surface area contributed by atoms with Gasteiger partial charge in [0.05, 0.1) is 6.10 Å². The predicted octanol–water partition coefficient (Wildman–Crippen LogP) is 9.20. The third-order valence-corrected chi connectivity index (χ3v) is 9.15. The fourth-order valence-corrected chi connectivity index (χ4v) is 5.94. The molecular weight excluding hydrogens is 538 g/mol. The Bertz CT molecular complexity index is 1350. The van der Waals surface area contributed by atoms with Crippen molar-refractivity contribution in [1.29, 1.82) is 0 Å². The van der Waals surface area contributed by atoms with Gasteiger partial charge in [-0.25, -0.2) is 0 Å². The Morgan fingerprint density at radius 2 is 1.69 bits per heavy atom. The normalized spacial score (nSPS) is 18.3. The highest BCUT2D eigenvalue weighted by atomic mass is 32.2. The maximum absolute atomic E-state index is 11.9. The van der Waals surface area contributed by atoms with Crippen molar-refractivity contribution in [3.05, 3.63) is 99.9 Å². The van der Waals surface area contributed by atoms with Gasteiger partial charge in [-0.15, -0.1) is 0 Å². The number of hydrogen-bond donors (Lipinski definition) is 2. The van der Waals surface area contributed by atoms with E-state index in [0.29, 0.717) is 13.0 Å². The van der Waals surface area contributed by atoms with E-state index in [0.717, 1.165) is 75.9 Å². The highest BCUT2D eigenvalue weighted by Crippen LogP contribution is 2.48. The molecule has 42 heavy (non-hydrogen) atoms. The Kier molecular flexibility index (Phi) is 11.0. The van der Waals surface area contributed by atoms with Gasteiger partial charge in [0.1, 0.15) is 18.5 Å². The first-order chi connectivity index (χ1) is 20.0. The summed E-state index contributed by atoms with van der Waals surface area (Å²) in [5, 5.41) is 24.0. The number of ether oxygens (including phenoxy) is 1. The first-order valence-electron chi connectivity index (χ1n) is 15.4. The molecule has 0 fully saturated rings. The quantitative estimate of drug-likeness (QED) is 0.275. The molecule has 4 nitrogen and oxygen atoms in total. The predicted molar refractivity (Wildman–Crippen MR) is 177 cm³/mol. The Balaban J connectivity index is 0.000000748. The summed E-state index contributed by atoms with van der Waals surface area (Å²) in [7, 11) is 0. The summed E-state index contributed by atoms with van der Waals surface area (Å²) in [4.78, 5) is 5.15. The lowest BCUT2D eigenvalue weighted by atomic mass is 9.71. The standard InChI is InChI=1S/C33H39NO3.C4H10S/c1-21(2)31-30(32(36)24-14-16-25(17-15-24)37-20-22-10-6-5-7-11-22)28(23-12-8-9-13-23)29-26(34-31)18-33(3,4)19-27(29)35;1-4(2)5-3/h5-7,10-12,14-17,21,27,32,35-36H,8-9,13,18-20H2,1-4H3;4H,1-3H3. The van der Waals surface area contributed by atoms with Gasteiger partial charge in [-0.3, -0.25) is 4.98 Å². The Hall–Kier alpha value is -2.60. The lowest BCUT2D eigenvalue weighted by Gasteiger charge is -2.37. The summed E-state index contributed by atoms with van der Waals surface area (Å²) in [6, 6.07) is 17.8. The Labute approximate surface area is 257 Å². The average Bonchev–Trinajstić information content (AvgIpc) is 3.50. The molecule has 2 unspecified atom stereocenters. The van der Waals surface area contributed by atoms with Gasteiger partial charge in [-0.05, 0) is 89.3 Å². The zero-order valence-corrected chi connectivity index (χ0v) is 27.3. The number of aliphatic hydroxyl groups excluding tert-OH is 2. The molecule has 2 aliphatic carbocycles. The second kappa shape index (κ2) is 14.2. The van der Waals surface area contributed by atoms with Crippen molar-refractivity contribution in [2.45, 2.75) is 104 Å². The van der Waals surface area contributed by atoms with Crippen LogP contribution in [0, 0.1) is 5.41 Å². The number of rotatable bonds is 8. The lowest BCUT2D eigenvalue weighted by molar-refractivity contribution is 0.0972. The van der Waals surface area contributed by atoms with E-state index >= 15 is 0 Å². The van der Waals surface area contributed by atoms with Crippen molar-refractivity contribution in [2.24, 2.45) is 5.41 Å². The summed E-state index contributed by atoms with van der Waals surface area (Å²) in [6.07, 6.45) is 7.64. The van der Waals surface area contributed by atoms with Crippen LogP contribution in [0.5, 0.6) is 5.75 Å². The molecule has 3 aromatic rings. The van der Waals surface area contributed by atoms with Gasteiger partial charge in [0, 0.05) is 22.5 Å². The minimum Gasteiger partial charge on any atom is -0.489 e. The van der Waals surface area contributed by atoms with Crippen molar-refractivity contribution < 1.29 is 14.9 Å². The Morgan fingerprint density at radius 1 is 1.02 bits per heavy atom. The number of benzene rings is 2. The van der Waals surface area contributed by atoms with Crippen molar-refractivity contribution >= 4 is 17.3 Å². The largest absolute Gasteiger partial charge is 0.489 e. The van der Waals surface area contributed by atoms with Gasteiger partial charge in [-0.2, -0.15) is 11.8 Å². The smallest absolute Gasteiger partial charge is 0.119 e. The molecule has 0 saturated heterocycles. The van der Waals surface area contributed by atoms with E-state index in [2.05, 4.69) is 53.9 Å². The van der Waals surface area contributed by atoms with E-state index < -0.39 is 12.2 Å². The molecule has 2 aromatic carbocycles. The molecule has 1 heterocycles. The molecule has 1 aromatic heterocycles. The third kappa shape index (κ3) is 7.86. The minimum atomic E-state index is -0.836. The molecule has 0 bridgehead atoms. The van der Waals surface area contributed by atoms with Crippen LogP contribution in [0.1, 0.15) is 125 Å². The number of thioether (sulfide) groups is 1. The topological polar surface area (TPSA) is 62.6 Å². The van der Waals surface area contributed by atoms with E-state index in [1.165, 1.54) is 5.57 Å². The van der Waals surface area contributed by atoms with Gasteiger partial charge in [0.2, 0.25) is 0 Å². The lowest BCUT2D eigenvalue weighted by Crippen LogP contribution is -2.29. The van der Waals surface area contributed by atoms with E-state index in [4.69, 9.17) is 9.72 Å². The van der Waals surface area contributed by atoms with Gasteiger partial charge in [0.15, 0.2) is 0 Å². The summed E-state index contributed by atoms with van der Waals surface area (Å²) < 4.78 is 5.97. The maximum atomic E-state index is 11.9. The van der Waals surface area contributed by atoms with Crippen LogP contribution >= 0.6 is 11.8 Å². The number of allylic oxidation sites excluding steroid dienone is 2. The second-order valence-corrected chi connectivity index (χ2v) is 14.4. The maximum Gasteiger partial charge on any atom is 0.119 e. The molecule has 0 spiro atoms. The zero-order chi connectivity index (χ0) is 30.4. The van der Waals surface area contributed by atoms with Crippen LogP contribution in [-0.4, -0.2) is 26.7 Å². The highest BCUT2D eigenvalue weighted by Gasteiger charge is 2.38.